The molecular weight excluding hydrogens is 270 g/mol. The summed E-state index contributed by atoms with van der Waals surface area (Å²) >= 11 is 0. The number of hydrogen-bond acceptors (Lipinski definition) is 4. The van der Waals surface area contributed by atoms with E-state index in [0.717, 1.165) is 19.4 Å². The average Bonchev–Trinajstić information content (AvgIpc) is 2.48. The summed E-state index contributed by atoms with van der Waals surface area (Å²) in [6, 6.07) is 5.32. The second-order valence-electron chi connectivity index (χ2n) is 5.79. The molecule has 0 unspecified atom stereocenters. The second kappa shape index (κ2) is 5.99. The molecule has 0 saturated carbocycles. The maximum atomic E-state index is 12.4. The van der Waals surface area contributed by atoms with Gasteiger partial charge in [-0.1, -0.05) is 6.07 Å². The topological polar surface area (TPSA) is 63.7 Å². The number of carbonyl (C=O) groups is 1. The van der Waals surface area contributed by atoms with Gasteiger partial charge in [0.15, 0.2) is 0 Å². The third-order valence-electron chi connectivity index (χ3n) is 3.88. The van der Waals surface area contributed by atoms with Crippen LogP contribution >= 0.6 is 0 Å². The highest BCUT2D eigenvalue weighted by atomic mass is 16.6. The molecule has 1 aromatic rings. The Bertz CT molecular complexity index is 488. The zero-order valence-electron chi connectivity index (χ0n) is 12.2. The molecule has 21 heavy (non-hydrogen) atoms. The maximum absolute atomic E-state index is 12.4. The standard InChI is InChI=1S/C15H21N3O3/c1-12-9-18(10-15(21-12)6-4-8-20-11-15)14(19)17-13-5-2-3-7-16-13/h2-3,5,7,12H,4,6,8-11H2,1H3,(H,16,17,19)/t12-,15-/m0/s1. The molecule has 2 saturated heterocycles. The first kappa shape index (κ1) is 14.3. The summed E-state index contributed by atoms with van der Waals surface area (Å²) < 4.78 is 11.6. The van der Waals surface area contributed by atoms with Crippen LogP contribution in [0.4, 0.5) is 10.6 Å². The molecule has 0 aliphatic carbocycles. The summed E-state index contributed by atoms with van der Waals surface area (Å²) in [5.74, 6) is 0.565. The summed E-state index contributed by atoms with van der Waals surface area (Å²) in [7, 11) is 0. The Kier molecular flexibility index (Phi) is 4.07. The van der Waals surface area contributed by atoms with Crippen LogP contribution in [0.15, 0.2) is 24.4 Å². The number of nitrogens with zero attached hydrogens (tertiary/aromatic N) is 2. The first-order valence-electron chi connectivity index (χ1n) is 7.39. The molecule has 1 N–H and O–H groups in total. The van der Waals surface area contributed by atoms with E-state index < -0.39 is 0 Å². The summed E-state index contributed by atoms with van der Waals surface area (Å²) in [5, 5.41) is 2.83. The van der Waals surface area contributed by atoms with Gasteiger partial charge >= 0.3 is 6.03 Å². The Hall–Kier alpha value is -1.66. The molecule has 2 fully saturated rings. The molecule has 3 rings (SSSR count). The third-order valence-corrected chi connectivity index (χ3v) is 3.88. The van der Waals surface area contributed by atoms with E-state index >= 15 is 0 Å². The Morgan fingerprint density at radius 3 is 3.14 bits per heavy atom. The van der Waals surface area contributed by atoms with Crippen molar-refractivity contribution >= 4 is 11.8 Å². The molecule has 0 radical (unpaired) electrons. The fourth-order valence-electron chi connectivity index (χ4n) is 3.05. The number of urea groups is 1. The number of rotatable bonds is 1. The zero-order chi connectivity index (χ0) is 14.7. The van der Waals surface area contributed by atoms with Crippen molar-refractivity contribution < 1.29 is 14.3 Å². The van der Waals surface area contributed by atoms with Gasteiger partial charge in [0.25, 0.3) is 0 Å². The van der Waals surface area contributed by atoms with Gasteiger partial charge < -0.3 is 14.4 Å². The van der Waals surface area contributed by atoms with E-state index in [0.29, 0.717) is 25.5 Å². The van der Waals surface area contributed by atoms with E-state index in [1.807, 2.05) is 19.1 Å². The lowest BCUT2D eigenvalue weighted by Crippen LogP contribution is -2.60. The predicted molar refractivity (Wildman–Crippen MR) is 78.2 cm³/mol. The van der Waals surface area contributed by atoms with Crippen molar-refractivity contribution in [2.45, 2.75) is 31.5 Å². The van der Waals surface area contributed by atoms with Crippen LogP contribution in [-0.4, -0.2) is 53.9 Å². The lowest BCUT2D eigenvalue weighted by molar-refractivity contribution is -0.187. The Labute approximate surface area is 124 Å². The van der Waals surface area contributed by atoms with Crippen LogP contribution in [0.2, 0.25) is 0 Å². The quantitative estimate of drug-likeness (QED) is 0.858. The summed E-state index contributed by atoms with van der Waals surface area (Å²) in [5.41, 5.74) is -0.350. The predicted octanol–water partition coefficient (Wildman–Crippen LogP) is 1.88. The zero-order valence-corrected chi connectivity index (χ0v) is 12.2. The van der Waals surface area contributed by atoms with E-state index in [1.54, 1.807) is 17.2 Å². The smallest absolute Gasteiger partial charge is 0.323 e. The molecular formula is C15H21N3O3. The summed E-state index contributed by atoms with van der Waals surface area (Å²) in [6.07, 6.45) is 3.58. The van der Waals surface area contributed by atoms with E-state index in [9.17, 15) is 4.79 Å². The van der Waals surface area contributed by atoms with Gasteiger partial charge in [0.2, 0.25) is 0 Å². The van der Waals surface area contributed by atoms with Crippen molar-refractivity contribution in [3.63, 3.8) is 0 Å². The van der Waals surface area contributed by atoms with Gasteiger partial charge in [0.05, 0.1) is 19.3 Å². The molecule has 2 amide bonds. The number of aromatic nitrogens is 1. The number of pyridine rings is 1. The number of hydrogen-bond donors (Lipinski definition) is 1. The van der Waals surface area contributed by atoms with Crippen LogP contribution in [0.3, 0.4) is 0 Å². The van der Waals surface area contributed by atoms with Gasteiger partial charge in [-0.3, -0.25) is 5.32 Å². The molecule has 1 spiro atoms. The molecule has 2 atom stereocenters. The molecule has 114 valence electrons. The van der Waals surface area contributed by atoms with Gasteiger partial charge in [0.1, 0.15) is 11.4 Å². The largest absolute Gasteiger partial charge is 0.378 e. The van der Waals surface area contributed by atoms with Crippen molar-refractivity contribution in [2.24, 2.45) is 0 Å². The SMILES string of the molecule is C[C@H]1CN(C(=O)Nc2ccccn2)C[C@]2(CCCOC2)O1. The van der Waals surface area contributed by atoms with Crippen molar-refractivity contribution in [3.05, 3.63) is 24.4 Å². The summed E-state index contributed by atoms with van der Waals surface area (Å²) in [4.78, 5) is 18.3. The van der Waals surface area contributed by atoms with E-state index in [4.69, 9.17) is 9.47 Å². The number of amides is 2. The lowest BCUT2D eigenvalue weighted by Gasteiger charge is -2.47. The molecule has 6 heteroatoms. The average molecular weight is 291 g/mol. The first-order chi connectivity index (χ1) is 10.2. The third kappa shape index (κ3) is 3.33. The number of carbonyl (C=O) groups excluding carboxylic acids is 1. The van der Waals surface area contributed by atoms with Crippen LogP contribution in [0.5, 0.6) is 0 Å². The number of nitrogens with one attached hydrogen (secondary N) is 1. The van der Waals surface area contributed by atoms with E-state index in [1.165, 1.54) is 0 Å². The normalized spacial score (nSPS) is 29.4. The highest BCUT2D eigenvalue weighted by Gasteiger charge is 2.42. The monoisotopic (exact) mass is 291 g/mol. The van der Waals surface area contributed by atoms with Gasteiger partial charge in [0, 0.05) is 19.3 Å². The van der Waals surface area contributed by atoms with Crippen LogP contribution in [0, 0.1) is 0 Å². The number of ether oxygens (including phenoxy) is 2. The lowest BCUT2D eigenvalue weighted by atomic mass is 9.93. The molecule has 1 aromatic heterocycles. The minimum absolute atomic E-state index is 0.00920. The Morgan fingerprint density at radius 1 is 1.52 bits per heavy atom. The van der Waals surface area contributed by atoms with Crippen molar-refractivity contribution in [1.82, 2.24) is 9.88 Å². The van der Waals surface area contributed by atoms with E-state index in [2.05, 4.69) is 10.3 Å². The van der Waals surface area contributed by atoms with Gasteiger partial charge in [-0.2, -0.15) is 0 Å². The second-order valence-corrected chi connectivity index (χ2v) is 5.79. The fraction of sp³-hybridized carbons (Fsp3) is 0.600. The highest BCUT2D eigenvalue weighted by molar-refractivity contribution is 5.88. The Balaban J connectivity index is 1.67. The number of anilines is 1. The molecule has 2 aliphatic rings. The van der Waals surface area contributed by atoms with Crippen molar-refractivity contribution in [2.75, 3.05) is 31.6 Å². The van der Waals surface area contributed by atoms with Gasteiger partial charge in [-0.25, -0.2) is 9.78 Å². The molecule has 2 aliphatic heterocycles. The molecule has 3 heterocycles. The summed E-state index contributed by atoms with van der Waals surface area (Å²) in [6.45, 7) is 4.48. The van der Waals surface area contributed by atoms with Crippen molar-refractivity contribution in [3.8, 4) is 0 Å². The van der Waals surface area contributed by atoms with Crippen molar-refractivity contribution in [1.29, 1.82) is 0 Å². The minimum Gasteiger partial charge on any atom is -0.378 e. The van der Waals surface area contributed by atoms with E-state index in [-0.39, 0.29) is 17.7 Å². The first-order valence-corrected chi connectivity index (χ1v) is 7.39. The molecule has 0 bridgehead atoms. The van der Waals surface area contributed by atoms with Crippen LogP contribution < -0.4 is 5.32 Å². The molecule has 0 aromatic carbocycles. The van der Waals surface area contributed by atoms with Crippen LogP contribution in [0.25, 0.3) is 0 Å². The van der Waals surface area contributed by atoms with Gasteiger partial charge in [-0.05, 0) is 31.9 Å². The molecule has 6 nitrogen and oxygen atoms in total. The minimum atomic E-state index is -0.350. The van der Waals surface area contributed by atoms with Crippen LogP contribution in [-0.2, 0) is 9.47 Å². The maximum Gasteiger partial charge on any atom is 0.323 e. The van der Waals surface area contributed by atoms with Crippen LogP contribution in [0.1, 0.15) is 19.8 Å². The fourth-order valence-corrected chi connectivity index (χ4v) is 3.05. The Morgan fingerprint density at radius 2 is 2.43 bits per heavy atom. The van der Waals surface area contributed by atoms with Gasteiger partial charge in [-0.15, -0.1) is 0 Å². The number of morpholine rings is 1. The highest BCUT2D eigenvalue weighted by Crippen LogP contribution is 2.30.